The van der Waals surface area contributed by atoms with Gasteiger partial charge in [0.15, 0.2) is 0 Å². The summed E-state index contributed by atoms with van der Waals surface area (Å²) in [5.74, 6) is 0.0660. The van der Waals surface area contributed by atoms with Crippen molar-refractivity contribution in [3.63, 3.8) is 0 Å². The van der Waals surface area contributed by atoms with Gasteiger partial charge in [0.1, 0.15) is 11.4 Å². The van der Waals surface area contributed by atoms with Crippen LogP contribution in [0, 0.1) is 12.7 Å². The Bertz CT molecular complexity index is 1320. The van der Waals surface area contributed by atoms with Crippen LogP contribution in [0.1, 0.15) is 5.56 Å². The van der Waals surface area contributed by atoms with Crippen molar-refractivity contribution in [2.24, 2.45) is 7.05 Å². The first-order valence-corrected chi connectivity index (χ1v) is 10.1. The zero-order valence-electron chi connectivity index (χ0n) is 17.3. The van der Waals surface area contributed by atoms with Crippen molar-refractivity contribution in [1.29, 1.82) is 0 Å². The molecule has 5 rings (SSSR count). The van der Waals surface area contributed by atoms with Crippen molar-refractivity contribution in [2.45, 2.75) is 6.92 Å². The lowest BCUT2D eigenvalue weighted by Gasteiger charge is -2.29. The lowest BCUT2D eigenvalue weighted by atomic mass is 10.1. The first-order valence-electron chi connectivity index (χ1n) is 10.1. The number of hydrogen-bond donors (Lipinski definition) is 0. The number of ether oxygens (including phenoxy) is 1. The molecule has 8 heteroatoms. The van der Waals surface area contributed by atoms with Gasteiger partial charge in [-0.15, -0.1) is 0 Å². The summed E-state index contributed by atoms with van der Waals surface area (Å²) in [6.07, 6.45) is 1.65. The fourth-order valence-corrected chi connectivity index (χ4v) is 3.84. The van der Waals surface area contributed by atoms with Gasteiger partial charge in [0.2, 0.25) is 11.3 Å². The van der Waals surface area contributed by atoms with E-state index in [0.717, 1.165) is 11.1 Å². The Labute approximate surface area is 177 Å². The quantitative estimate of drug-likeness (QED) is 0.505. The number of rotatable bonds is 3. The van der Waals surface area contributed by atoms with E-state index in [-0.39, 0.29) is 22.3 Å². The molecule has 0 aliphatic carbocycles. The van der Waals surface area contributed by atoms with Gasteiger partial charge in [-0.2, -0.15) is 4.98 Å². The zero-order chi connectivity index (χ0) is 21.5. The Hall–Kier alpha value is -3.52. The van der Waals surface area contributed by atoms with E-state index in [2.05, 4.69) is 10.1 Å². The second-order valence-electron chi connectivity index (χ2n) is 7.69. The molecule has 31 heavy (non-hydrogen) atoms. The summed E-state index contributed by atoms with van der Waals surface area (Å²) in [4.78, 5) is 19.5. The summed E-state index contributed by atoms with van der Waals surface area (Å²) in [6.45, 7) is 4.32. The van der Waals surface area contributed by atoms with E-state index >= 15 is 0 Å². The van der Waals surface area contributed by atoms with Gasteiger partial charge >= 0.3 is 0 Å². The molecular weight excluding hydrogens is 399 g/mol. The Kier molecular flexibility index (Phi) is 4.78. The number of morpholine rings is 1. The summed E-state index contributed by atoms with van der Waals surface area (Å²) >= 11 is 0. The maximum absolute atomic E-state index is 14.9. The molecule has 0 saturated carbocycles. The molecule has 1 aliphatic rings. The van der Waals surface area contributed by atoms with Crippen molar-refractivity contribution < 1.29 is 13.7 Å². The zero-order valence-corrected chi connectivity index (χ0v) is 17.3. The van der Waals surface area contributed by atoms with Gasteiger partial charge in [-0.05, 0) is 19.1 Å². The Morgan fingerprint density at radius 2 is 1.84 bits per heavy atom. The van der Waals surface area contributed by atoms with Crippen LogP contribution in [-0.4, -0.2) is 41.0 Å². The number of benzene rings is 2. The molecule has 0 unspecified atom stereocenters. The van der Waals surface area contributed by atoms with E-state index in [1.54, 1.807) is 16.8 Å². The molecule has 1 fully saturated rings. The summed E-state index contributed by atoms with van der Waals surface area (Å²) < 4.78 is 27.4. The molecule has 2 aromatic heterocycles. The highest BCUT2D eigenvalue weighted by atomic mass is 19.1. The number of hydrogen-bond acceptors (Lipinski definition) is 6. The van der Waals surface area contributed by atoms with Gasteiger partial charge in [-0.3, -0.25) is 4.79 Å². The minimum Gasteiger partial charge on any atom is -0.378 e. The number of aromatic nitrogens is 3. The maximum atomic E-state index is 14.9. The van der Waals surface area contributed by atoms with Crippen molar-refractivity contribution in [3.05, 3.63) is 64.2 Å². The molecule has 0 bridgehead atoms. The van der Waals surface area contributed by atoms with E-state index < -0.39 is 5.82 Å². The maximum Gasteiger partial charge on any atom is 0.263 e. The number of nitrogens with zero attached hydrogens (tertiary/aromatic N) is 4. The number of pyridine rings is 1. The fourth-order valence-electron chi connectivity index (χ4n) is 3.84. The average Bonchev–Trinajstić information content (AvgIpc) is 3.27. The standard InChI is InChI=1S/C23H21FN4O3/c1-14-3-5-15(6-4-14)22-25-23(31-26-22)17-13-27(2)19-12-20(28-7-9-30-10-8-28)18(24)11-16(19)21(17)29/h3-6,11-13H,7-10H2,1-2H3. The van der Waals surface area contributed by atoms with Crippen LogP contribution < -0.4 is 10.3 Å². The van der Waals surface area contributed by atoms with Crippen LogP contribution in [0.3, 0.4) is 0 Å². The molecule has 0 amide bonds. The van der Waals surface area contributed by atoms with Gasteiger partial charge in [-0.25, -0.2) is 4.39 Å². The molecule has 1 aliphatic heterocycles. The number of halogens is 1. The van der Waals surface area contributed by atoms with E-state index in [1.807, 2.05) is 43.1 Å². The Balaban J connectivity index is 1.58. The number of fused-ring (bicyclic) bond motifs is 1. The first kappa shape index (κ1) is 19.4. The third kappa shape index (κ3) is 3.48. The minimum atomic E-state index is -0.436. The molecule has 0 atom stereocenters. The molecule has 4 aromatic rings. The average molecular weight is 420 g/mol. The second-order valence-corrected chi connectivity index (χ2v) is 7.69. The largest absolute Gasteiger partial charge is 0.378 e. The van der Waals surface area contributed by atoms with E-state index in [9.17, 15) is 9.18 Å². The van der Waals surface area contributed by atoms with Gasteiger partial charge in [-0.1, -0.05) is 35.0 Å². The van der Waals surface area contributed by atoms with Crippen LogP contribution in [0.2, 0.25) is 0 Å². The molecule has 0 radical (unpaired) electrons. The molecule has 3 heterocycles. The highest BCUT2D eigenvalue weighted by Crippen LogP contribution is 2.27. The van der Waals surface area contributed by atoms with E-state index in [4.69, 9.17) is 9.26 Å². The van der Waals surface area contributed by atoms with Crippen LogP contribution in [-0.2, 0) is 11.8 Å². The van der Waals surface area contributed by atoms with Crippen LogP contribution in [0.25, 0.3) is 33.7 Å². The summed E-state index contributed by atoms with van der Waals surface area (Å²) in [5.41, 5.74) is 2.90. The second kappa shape index (κ2) is 7.63. The third-order valence-corrected chi connectivity index (χ3v) is 5.58. The fraction of sp³-hybridized carbons (Fsp3) is 0.261. The molecule has 2 aromatic carbocycles. The van der Waals surface area contributed by atoms with Crippen molar-refractivity contribution in [1.82, 2.24) is 14.7 Å². The SMILES string of the molecule is Cc1ccc(-c2noc(-c3cn(C)c4cc(N5CCOCC5)c(F)cc4c3=O)n2)cc1. The van der Waals surface area contributed by atoms with Crippen LogP contribution >= 0.6 is 0 Å². The summed E-state index contributed by atoms with van der Waals surface area (Å²) in [5, 5.41) is 4.28. The van der Waals surface area contributed by atoms with Crippen molar-refractivity contribution in [2.75, 3.05) is 31.2 Å². The monoisotopic (exact) mass is 420 g/mol. The number of anilines is 1. The lowest BCUT2D eigenvalue weighted by Crippen LogP contribution is -2.36. The molecule has 7 nitrogen and oxygen atoms in total. The molecule has 158 valence electrons. The van der Waals surface area contributed by atoms with E-state index in [1.165, 1.54) is 6.07 Å². The summed E-state index contributed by atoms with van der Waals surface area (Å²) in [6, 6.07) is 10.7. The van der Waals surface area contributed by atoms with Crippen LogP contribution in [0.5, 0.6) is 0 Å². The normalized spacial score (nSPS) is 14.4. The molecule has 1 saturated heterocycles. The summed E-state index contributed by atoms with van der Waals surface area (Å²) in [7, 11) is 1.81. The predicted molar refractivity (Wildman–Crippen MR) is 116 cm³/mol. The Morgan fingerprint density at radius 3 is 2.58 bits per heavy atom. The van der Waals surface area contributed by atoms with Gasteiger partial charge in [0.05, 0.1) is 24.4 Å². The van der Waals surface area contributed by atoms with Gasteiger partial charge < -0.3 is 18.7 Å². The van der Waals surface area contributed by atoms with E-state index in [0.29, 0.717) is 43.3 Å². The van der Waals surface area contributed by atoms with Crippen molar-refractivity contribution in [3.8, 4) is 22.8 Å². The highest BCUT2D eigenvalue weighted by molar-refractivity contribution is 5.86. The molecular formula is C23H21FN4O3. The first-order chi connectivity index (χ1) is 15.0. The highest BCUT2D eigenvalue weighted by Gasteiger charge is 2.21. The topological polar surface area (TPSA) is 73.4 Å². The lowest BCUT2D eigenvalue weighted by molar-refractivity contribution is 0.122. The Morgan fingerprint density at radius 1 is 1.10 bits per heavy atom. The number of aryl methyl sites for hydroxylation is 2. The smallest absolute Gasteiger partial charge is 0.263 e. The molecule has 0 spiro atoms. The van der Waals surface area contributed by atoms with Crippen molar-refractivity contribution >= 4 is 16.6 Å². The van der Waals surface area contributed by atoms with Crippen LogP contribution in [0.4, 0.5) is 10.1 Å². The molecule has 0 N–H and O–H groups in total. The van der Waals surface area contributed by atoms with Crippen LogP contribution in [0.15, 0.2) is 51.9 Å². The van der Waals surface area contributed by atoms with Gasteiger partial charge in [0, 0.05) is 37.3 Å². The van der Waals surface area contributed by atoms with Gasteiger partial charge in [0.25, 0.3) is 5.89 Å². The minimum absolute atomic E-state index is 0.107. The predicted octanol–water partition coefficient (Wildman–Crippen LogP) is 3.54. The third-order valence-electron chi connectivity index (χ3n) is 5.58.